The van der Waals surface area contributed by atoms with Crippen LogP contribution in [0.3, 0.4) is 0 Å². The zero-order valence-corrected chi connectivity index (χ0v) is 15.3. The van der Waals surface area contributed by atoms with Crippen LogP contribution in [0, 0.1) is 25.5 Å². The maximum absolute atomic E-state index is 13.4. The molecule has 0 bridgehead atoms. The number of nitrogens with one attached hydrogen (secondary N) is 1. The van der Waals surface area contributed by atoms with Gasteiger partial charge in [0.15, 0.2) is 11.6 Å². The van der Waals surface area contributed by atoms with Crippen LogP contribution in [0.5, 0.6) is 0 Å². The summed E-state index contributed by atoms with van der Waals surface area (Å²) in [5.74, 6) is -2.56. The lowest BCUT2D eigenvalue weighted by Crippen LogP contribution is -2.39. The van der Waals surface area contributed by atoms with E-state index in [-0.39, 0.29) is 18.4 Å². The summed E-state index contributed by atoms with van der Waals surface area (Å²) in [6.07, 6.45) is 0. The minimum absolute atomic E-state index is 0.184. The third-order valence-electron chi connectivity index (χ3n) is 4.28. The Labute approximate surface area is 151 Å². The second-order valence-electron chi connectivity index (χ2n) is 6.41. The molecule has 4 nitrogen and oxygen atoms in total. The molecule has 0 aromatic heterocycles. The lowest BCUT2D eigenvalue weighted by Gasteiger charge is -2.25. The van der Waals surface area contributed by atoms with Crippen molar-refractivity contribution < 1.29 is 18.4 Å². The second kappa shape index (κ2) is 8.08. The first-order valence-electron chi connectivity index (χ1n) is 8.26. The van der Waals surface area contributed by atoms with Crippen LogP contribution < -0.4 is 5.32 Å². The molecule has 138 valence electrons. The zero-order chi connectivity index (χ0) is 19.4. The molecule has 0 spiro atoms. The molecule has 0 heterocycles. The summed E-state index contributed by atoms with van der Waals surface area (Å²) in [6.45, 7) is 5.31. The number of likely N-dealkylation sites (N-methyl/N-ethyl adjacent to an activating group) is 1. The first-order chi connectivity index (χ1) is 12.2. The first-order valence-corrected chi connectivity index (χ1v) is 8.26. The molecule has 2 amide bonds. The van der Waals surface area contributed by atoms with Crippen LogP contribution in [0.25, 0.3) is 0 Å². The average Bonchev–Trinajstić information content (AvgIpc) is 2.59. The van der Waals surface area contributed by atoms with Gasteiger partial charge in [-0.25, -0.2) is 8.78 Å². The predicted octanol–water partition coefficient (Wildman–Crippen LogP) is 3.53. The standard InChI is InChI=1S/C20H22F2N2O2/c1-12-7-13(2)9-16(8-12)20(26)23-11-19(25)24(4)14(3)15-5-6-17(21)18(22)10-15/h5-10,14H,11H2,1-4H3,(H,23,26). The van der Waals surface area contributed by atoms with Gasteiger partial charge in [-0.2, -0.15) is 0 Å². The van der Waals surface area contributed by atoms with Crippen molar-refractivity contribution in [2.75, 3.05) is 13.6 Å². The fourth-order valence-corrected chi connectivity index (χ4v) is 2.70. The Balaban J connectivity index is 1.99. The molecular weight excluding hydrogens is 338 g/mol. The maximum atomic E-state index is 13.4. The Morgan fingerprint density at radius 1 is 1.04 bits per heavy atom. The Hall–Kier alpha value is -2.76. The minimum Gasteiger partial charge on any atom is -0.343 e. The molecule has 1 unspecified atom stereocenters. The van der Waals surface area contributed by atoms with Crippen LogP contribution in [-0.4, -0.2) is 30.3 Å². The number of hydrogen-bond donors (Lipinski definition) is 1. The number of rotatable bonds is 5. The van der Waals surface area contributed by atoms with Crippen LogP contribution in [0.1, 0.15) is 40.0 Å². The van der Waals surface area contributed by atoms with Crippen molar-refractivity contribution in [3.8, 4) is 0 Å². The third-order valence-corrected chi connectivity index (χ3v) is 4.28. The zero-order valence-electron chi connectivity index (χ0n) is 15.3. The molecule has 26 heavy (non-hydrogen) atoms. The molecule has 0 saturated carbocycles. The van der Waals surface area contributed by atoms with Crippen LogP contribution in [0.2, 0.25) is 0 Å². The molecule has 2 rings (SSSR count). The molecular formula is C20H22F2N2O2. The van der Waals surface area contributed by atoms with Crippen LogP contribution >= 0.6 is 0 Å². The highest BCUT2D eigenvalue weighted by atomic mass is 19.2. The number of benzene rings is 2. The topological polar surface area (TPSA) is 49.4 Å². The largest absolute Gasteiger partial charge is 0.343 e. The summed E-state index contributed by atoms with van der Waals surface area (Å²) in [4.78, 5) is 25.9. The van der Waals surface area contributed by atoms with E-state index in [9.17, 15) is 18.4 Å². The van der Waals surface area contributed by atoms with E-state index in [0.29, 0.717) is 11.1 Å². The van der Waals surface area contributed by atoms with Gasteiger partial charge in [0, 0.05) is 12.6 Å². The Morgan fingerprint density at radius 2 is 1.65 bits per heavy atom. The maximum Gasteiger partial charge on any atom is 0.251 e. The van der Waals surface area contributed by atoms with Crippen LogP contribution in [0.4, 0.5) is 8.78 Å². The van der Waals surface area contributed by atoms with E-state index in [1.165, 1.54) is 11.0 Å². The van der Waals surface area contributed by atoms with E-state index in [1.54, 1.807) is 26.1 Å². The molecule has 0 saturated heterocycles. The number of carbonyl (C=O) groups excluding carboxylic acids is 2. The van der Waals surface area contributed by atoms with Crippen LogP contribution in [0.15, 0.2) is 36.4 Å². The average molecular weight is 360 g/mol. The Morgan fingerprint density at radius 3 is 2.23 bits per heavy atom. The molecule has 0 aliphatic carbocycles. The van der Waals surface area contributed by atoms with E-state index < -0.39 is 17.7 Å². The van der Waals surface area contributed by atoms with Gasteiger partial charge in [-0.15, -0.1) is 0 Å². The van der Waals surface area contributed by atoms with Gasteiger partial charge in [0.2, 0.25) is 5.91 Å². The van der Waals surface area contributed by atoms with Crippen molar-refractivity contribution in [2.45, 2.75) is 26.8 Å². The van der Waals surface area contributed by atoms with Gasteiger partial charge < -0.3 is 10.2 Å². The summed E-state index contributed by atoms with van der Waals surface area (Å²) in [6, 6.07) is 8.52. The molecule has 6 heteroatoms. The van der Waals surface area contributed by atoms with Crippen LogP contribution in [-0.2, 0) is 4.79 Å². The fourth-order valence-electron chi connectivity index (χ4n) is 2.70. The van der Waals surface area contributed by atoms with Crippen molar-refractivity contribution in [1.29, 1.82) is 0 Å². The lowest BCUT2D eigenvalue weighted by molar-refractivity contribution is -0.130. The molecule has 2 aromatic rings. The smallest absolute Gasteiger partial charge is 0.251 e. The van der Waals surface area contributed by atoms with E-state index >= 15 is 0 Å². The summed E-state index contributed by atoms with van der Waals surface area (Å²) in [5, 5.41) is 2.60. The van der Waals surface area contributed by atoms with Gasteiger partial charge in [0.25, 0.3) is 5.91 Å². The molecule has 2 aromatic carbocycles. The number of hydrogen-bond acceptors (Lipinski definition) is 2. The molecule has 1 atom stereocenters. The van der Waals surface area contributed by atoms with Gasteiger partial charge in [0.1, 0.15) is 0 Å². The first kappa shape index (κ1) is 19.6. The third kappa shape index (κ3) is 4.65. The van der Waals surface area contributed by atoms with E-state index in [1.807, 2.05) is 19.9 Å². The van der Waals surface area contributed by atoms with Crippen molar-refractivity contribution in [2.24, 2.45) is 0 Å². The molecule has 0 fully saturated rings. The van der Waals surface area contributed by atoms with Gasteiger partial charge in [-0.05, 0) is 50.6 Å². The van der Waals surface area contributed by atoms with Crippen molar-refractivity contribution >= 4 is 11.8 Å². The summed E-state index contributed by atoms with van der Waals surface area (Å²) >= 11 is 0. The highest BCUT2D eigenvalue weighted by Gasteiger charge is 2.19. The highest BCUT2D eigenvalue weighted by Crippen LogP contribution is 2.20. The molecule has 0 aliphatic rings. The summed E-state index contributed by atoms with van der Waals surface area (Å²) < 4.78 is 26.4. The lowest BCUT2D eigenvalue weighted by atomic mass is 10.1. The Bertz CT molecular complexity index is 816. The molecule has 0 radical (unpaired) electrons. The van der Waals surface area contributed by atoms with Crippen molar-refractivity contribution in [1.82, 2.24) is 10.2 Å². The van der Waals surface area contributed by atoms with Crippen molar-refractivity contribution in [3.05, 3.63) is 70.3 Å². The van der Waals surface area contributed by atoms with Gasteiger partial charge in [0.05, 0.1) is 12.6 Å². The number of aryl methyl sites for hydroxylation is 2. The van der Waals surface area contributed by atoms with E-state index in [2.05, 4.69) is 5.32 Å². The SMILES string of the molecule is Cc1cc(C)cc(C(=O)NCC(=O)N(C)C(C)c2ccc(F)c(F)c2)c1. The molecule has 0 aliphatic heterocycles. The number of halogens is 2. The van der Waals surface area contributed by atoms with Gasteiger partial charge in [-0.3, -0.25) is 9.59 Å². The van der Waals surface area contributed by atoms with Gasteiger partial charge in [-0.1, -0.05) is 23.3 Å². The highest BCUT2D eigenvalue weighted by molar-refractivity contribution is 5.96. The molecule has 1 N–H and O–H groups in total. The summed E-state index contributed by atoms with van der Waals surface area (Å²) in [5.41, 5.74) is 2.89. The predicted molar refractivity (Wildman–Crippen MR) is 95.8 cm³/mol. The minimum atomic E-state index is -0.960. The van der Waals surface area contributed by atoms with E-state index in [0.717, 1.165) is 23.3 Å². The van der Waals surface area contributed by atoms with Crippen molar-refractivity contribution in [3.63, 3.8) is 0 Å². The number of carbonyl (C=O) groups is 2. The Kier molecular flexibility index (Phi) is 6.08. The number of amides is 2. The van der Waals surface area contributed by atoms with E-state index in [4.69, 9.17) is 0 Å². The fraction of sp³-hybridized carbons (Fsp3) is 0.300. The summed E-state index contributed by atoms with van der Waals surface area (Å²) in [7, 11) is 1.55. The normalized spacial score (nSPS) is 11.8. The van der Waals surface area contributed by atoms with Gasteiger partial charge >= 0.3 is 0 Å². The monoisotopic (exact) mass is 360 g/mol. The number of nitrogens with zero attached hydrogens (tertiary/aromatic N) is 1. The second-order valence-corrected chi connectivity index (χ2v) is 6.41. The quantitative estimate of drug-likeness (QED) is 0.887.